The van der Waals surface area contributed by atoms with Gasteiger partial charge >= 0.3 is 0 Å². The summed E-state index contributed by atoms with van der Waals surface area (Å²) in [6, 6.07) is 0.227. The Balaban J connectivity index is 2.09. The van der Waals surface area contributed by atoms with Crippen LogP contribution < -0.4 is 0 Å². The fraction of sp³-hybridized carbons (Fsp3) is 0.923. The maximum atomic E-state index is 10.9. The lowest BCUT2D eigenvalue weighted by molar-refractivity contribution is -0.113. The Hall–Kier alpha value is -0.370. The number of carbonyl (C=O) groups excluding carboxylic acids is 1. The first kappa shape index (κ1) is 12.7. The Kier molecular flexibility index (Phi) is 6.66. The molecule has 88 valence electrons. The monoisotopic (exact) mass is 211 g/mol. The highest BCUT2D eigenvalue weighted by molar-refractivity contribution is 5.57. The molecule has 0 amide bonds. The van der Waals surface area contributed by atoms with Crippen LogP contribution in [0.1, 0.15) is 58.3 Å². The average molecular weight is 211 g/mol. The molecule has 1 rings (SSSR count). The molecule has 0 aliphatic carbocycles. The smallest absolute Gasteiger partial charge is 0.137 e. The zero-order chi connectivity index (χ0) is 10.9. The van der Waals surface area contributed by atoms with E-state index in [0.29, 0.717) is 0 Å². The third kappa shape index (κ3) is 4.78. The van der Waals surface area contributed by atoms with Gasteiger partial charge < -0.3 is 4.79 Å². The van der Waals surface area contributed by atoms with Gasteiger partial charge in [0.1, 0.15) is 6.29 Å². The molecule has 0 aromatic rings. The van der Waals surface area contributed by atoms with Crippen LogP contribution in [-0.2, 0) is 4.79 Å². The van der Waals surface area contributed by atoms with Gasteiger partial charge in [-0.2, -0.15) is 0 Å². The Morgan fingerprint density at radius 1 is 1.20 bits per heavy atom. The number of likely N-dealkylation sites (tertiary alicyclic amines) is 1. The minimum atomic E-state index is 0.227. The number of carbonyl (C=O) groups is 1. The second kappa shape index (κ2) is 7.86. The van der Waals surface area contributed by atoms with Crippen LogP contribution in [0.4, 0.5) is 0 Å². The summed E-state index contributed by atoms with van der Waals surface area (Å²) in [5.41, 5.74) is 0. The van der Waals surface area contributed by atoms with Crippen LogP contribution in [0.15, 0.2) is 0 Å². The molecule has 2 heteroatoms. The van der Waals surface area contributed by atoms with E-state index in [-0.39, 0.29) is 6.04 Å². The summed E-state index contributed by atoms with van der Waals surface area (Å²) >= 11 is 0. The lowest BCUT2D eigenvalue weighted by atomic mass is 10.0. The highest BCUT2D eigenvalue weighted by Gasteiger charge is 2.20. The topological polar surface area (TPSA) is 20.3 Å². The van der Waals surface area contributed by atoms with Crippen molar-refractivity contribution in [2.75, 3.05) is 13.1 Å². The third-order valence-corrected chi connectivity index (χ3v) is 3.37. The van der Waals surface area contributed by atoms with Crippen molar-refractivity contribution in [3.63, 3.8) is 0 Å². The van der Waals surface area contributed by atoms with Crippen molar-refractivity contribution in [2.24, 2.45) is 0 Å². The zero-order valence-electron chi connectivity index (χ0n) is 10.1. The van der Waals surface area contributed by atoms with Crippen LogP contribution in [0.3, 0.4) is 0 Å². The SMILES string of the molecule is CCCCCCCN1CCCCC1C=O. The summed E-state index contributed by atoms with van der Waals surface area (Å²) < 4.78 is 0. The second-order valence-electron chi connectivity index (χ2n) is 4.65. The largest absolute Gasteiger partial charge is 0.302 e. The number of nitrogens with zero attached hydrogens (tertiary/aromatic N) is 1. The van der Waals surface area contributed by atoms with Gasteiger partial charge in [-0.05, 0) is 32.4 Å². The number of hydrogen-bond acceptors (Lipinski definition) is 2. The number of rotatable bonds is 7. The Bertz CT molecular complexity index is 170. The first-order valence-electron chi connectivity index (χ1n) is 6.58. The predicted octanol–water partition coefficient (Wildman–Crippen LogP) is 3.01. The first-order chi connectivity index (χ1) is 7.38. The van der Waals surface area contributed by atoms with Crippen LogP contribution in [0, 0.1) is 0 Å². The predicted molar refractivity (Wildman–Crippen MR) is 64.0 cm³/mol. The van der Waals surface area contributed by atoms with E-state index >= 15 is 0 Å². The van der Waals surface area contributed by atoms with Crippen LogP contribution >= 0.6 is 0 Å². The fourth-order valence-electron chi connectivity index (χ4n) is 2.37. The van der Waals surface area contributed by atoms with Crippen LogP contribution in [0.2, 0.25) is 0 Å². The molecule has 1 unspecified atom stereocenters. The van der Waals surface area contributed by atoms with Gasteiger partial charge in [0, 0.05) is 0 Å². The summed E-state index contributed by atoms with van der Waals surface area (Å²) in [5, 5.41) is 0. The van der Waals surface area contributed by atoms with E-state index in [0.717, 1.165) is 25.8 Å². The summed E-state index contributed by atoms with van der Waals surface area (Å²) in [5.74, 6) is 0. The van der Waals surface area contributed by atoms with Crippen LogP contribution in [-0.4, -0.2) is 30.3 Å². The van der Waals surface area contributed by atoms with Crippen LogP contribution in [0.5, 0.6) is 0 Å². The molecule has 1 aliphatic rings. The van der Waals surface area contributed by atoms with E-state index < -0.39 is 0 Å². The van der Waals surface area contributed by atoms with Gasteiger partial charge in [-0.25, -0.2) is 0 Å². The summed E-state index contributed by atoms with van der Waals surface area (Å²) in [6.07, 6.45) is 11.4. The molecule has 1 aliphatic heterocycles. The van der Waals surface area contributed by atoms with E-state index in [4.69, 9.17) is 0 Å². The molecular weight excluding hydrogens is 186 g/mol. The zero-order valence-corrected chi connectivity index (χ0v) is 10.1. The molecule has 0 saturated carbocycles. The Labute approximate surface area is 94.0 Å². The van der Waals surface area contributed by atoms with Gasteiger partial charge in [0.15, 0.2) is 0 Å². The minimum Gasteiger partial charge on any atom is -0.302 e. The average Bonchev–Trinajstić information content (AvgIpc) is 2.29. The van der Waals surface area contributed by atoms with Gasteiger partial charge in [0.05, 0.1) is 6.04 Å². The molecule has 15 heavy (non-hydrogen) atoms. The van der Waals surface area contributed by atoms with Crippen molar-refractivity contribution >= 4 is 6.29 Å². The number of hydrogen-bond donors (Lipinski definition) is 0. The number of piperidine rings is 1. The standard InChI is InChI=1S/C13H25NO/c1-2-3-4-5-7-10-14-11-8-6-9-13(14)12-15/h12-13H,2-11H2,1H3. The molecule has 0 N–H and O–H groups in total. The molecular formula is C13H25NO. The molecule has 1 fully saturated rings. The molecule has 2 nitrogen and oxygen atoms in total. The summed E-state index contributed by atoms with van der Waals surface area (Å²) in [7, 11) is 0. The molecule has 0 radical (unpaired) electrons. The van der Waals surface area contributed by atoms with Crippen molar-refractivity contribution in [1.82, 2.24) is 4.90 Å². The Morgan fingerprint density at radius 3 is 2.73 bits per heavy atom. The number of unbranched alkanes of at least 4 members (excludes halogenated alkanes) is 4. The van der Waals surface area contributed by atoms with Crippen molar-refractivity contribution in [3.05, 3.63) is 0 Å². The van der Waals surface area contributed by atoms with Gasteiger partial charge in [0.25, 0.3) is 0 Å². The van der Waals surface area contributed by atoms with Crippen molar-refractivity contribution in [1.29, 1.82) is 0 Å². The maximum absolute atomic E-state index is 10.9. The fourth-order valence-corrected chi connectivity index (χ4v) is 2.37. The van der Waals surface area contributed by atoms with Crippen molar-refractivity contribution in [2.45, 2.75) is 64.3 Å². The normalized spacial score (nSPS) is 22.9. The first-order valence-corrected chi connectivity index (χ1v) is 6.58. The lowest BCUT2D eigenvalue weighted by Gasteiger charge is -2.32. The molecule has 0 aromatic carbocycles. The van der Waals surface area contributed by atoms with E-state index in [1.807, 2.05) is 0 Å². The molecule has 0 bridgehead atoms. The molecule has 1 heterocycles. The van der Waals surface area contributed by atoms with Crippen molar-refractivity contribution < 1.29 is 4.79 Å². The summed E-state index contributed by atoms with van der Waals surface area (Å²) in [6.45, 7) is 4.51. The van der Waals surface area contributed by atoms with Gasteiger partial charge in [-0.1, -0.05) is 39.0 Å². The molecule has 0 spiro atoms. The second-order valence-corrected chi connectivity index (χ2v) is 4.65. The van der Waals surface area contributed by atoms with E-state index in [2.05, 4.69) is 11.8 Å². The van der Waals surface area contributed by atoms with E-state index in [1.165, 1.54) is 44.9 Å². The third-order valence-electron chi connectivity index (χ3n) is 3.37. The Morgan fingerprint density at radius 2 is 2.00 bits per heavy atom. The van der Waals surface area contributed by atoms with Crippen molar-refractivity contribution in [3.8, 4) is 0 Å². The quantitative estimate of drug-likeness (QED) is 0.476. The van der Waals surface area contributed by atoms with E-state index in [9.17, 15) is 4.79 Å². The van der Waals surface area contributed by atoms with Gasteiger partial charge in [-0.3, -0.25) is 4.90 Å². The number of aldehydes is 1. The van der Waals surface area contributed by atoms with Gasteiger partial charge in [0.2, 0.25) is 0 Å². The lowest BCUT2D eigenvalue weighted by Crippen LogP contribution is -2.40. The van der Waals surface area contributed by atoms with Gasteiger partial charge in [-0.15, -0.1) is 0 Å². The van der Waals surface area contributed by atoms with Crippen LogP contribution in [0.25, 0.3) is 0 Å². The molecule has 1 saturated heterocycles. The molecule has 1 atom stereocenters. The summed E-state index contributed by atoms with van der Waals surface area (Å²) in [4.78, 5) is 13.2. The van der Waals surface area contributed by atoms with E-state index in [1.54, 1.807) is 0 Å². The minimum absolute atomic E-state index is 0.227. The highest BCUT2D eigenvalue weighted by atomic mass is 16.1. The maximum Gasteiger partial charge on any atom is 0.137 e. The highest BCUT2D eigenvalue weighted by Crippen LogP contribution is 2.16. The molecule has 0 aromatic heterocycles.